The van der Waals surface area contributed by atoms with Crippen LogP contribution in [-0.2, 0) is 10.5 Å². The van der Waals surface area contributed by atoms with E-state index in [2.05, 4.69) is 10.2 Å². The van der Waals surface area contributed by atoms with E-state index in [-0.39, 0.29) is 10.7 Å². The molecule has 1 aliphatic heterocycles. The van der Waals surface area contributed by atoms with E-state index in [9.17, 15) is 14.7 Å². The standard InChI is InChI=1S/C29H25Cl2N3O5S3/c1-3-11-39-20-10-8-16(13-21(20)38-4-2)24-23(25(35)22-6-5-12-40-22)26(36)27(37)34(24)28-32-33-29(42-28)41-15-17-7-9-18(30)14-19(17)31/h5-10,12-14,24,36H,3-4,11,15H2,1-2H3. The van der Waals surface area contributed by atoms with Gasteiger partial charge in [-0.25, -0.2) is 0 Å². The van der Waals surface area contributed by atoms with Gasteiger partial charge in [-0.2, -0.15) is 0 Å². The molecular formula is C29H25Cl2N3O5S3. The number of hydrogen-bond donors (Lipinski definition) is 1. The van der Waals surface area contributed by atoms with Gasteiger partial charge in [0.25, 0.3) is 5.91 Å². The molecule has 2 aromatic carbocycles. The molecule has 0 aliphatic carbocycles. The van der Waals surface area contributed by atoms with Crippen molar-refractivity contribution in [2.24, 2.45) is 0 Å². The molecule has 0 fully saturated rings. The van der Waals surface area contributed by atoms with Crippen molar-refractivity contribution in [2.45, 2.75) is 36.4 Å². The van der Waals surface area contributed by atoms with E-state index in [1.165, 1.54) is 39.3 Å². The van der Waals surface area contributed by atoms with Crippen molar-refractivity contribution < 1.29 is 24.2 Å². The van der Waals surface area contributed by atoms with Crippen LogP contribution in [0.4, 0.5) is 5.13 Å². The third-order valence-electron chi connectivity index (χ3n) is 6.21. The first-order chi connectivity index (χ1) is 20.3. The summed E-state index contributed by atoms with van der Waals surface area (Å²) in [7, 11) is 0. The molecule has 0 saturated heterocycles. The fourth-order valence-corrected chi connectivity index (χ4v) is 7.43. The molecule has 4 aromatic rings. The predicted molar refractivity (Wildman–Crippen MR) is 168 cm³/mol. The number of rotatable bonds is 12. The van der Waals surface area contributed by atoms with Gasteiger partial charge in [-0.15, -0.1) is 21.5 Å². The van der Waals surface area contributed by atoms with Crippen LogP contribution >= 0.6 is 57.6 Å². The van der Waals surface area contributed by atoms with Crippen LogP contribution in [0.3, 0.4) is 0 Å². The van der Waals surface area contributed by atoms with Crippen LogP contribution in [0.15, 0.2) is 69.6 Å². The summed E-state index contributed by atoms with van der Waals surface area (Å²) in [6.45, 7) is 4.75. The molecule has 42 heavy (non-hydrogen) atoms. The summed E-state index contributed by atoms with van der Waals surface area (Å²) < 4.78 is 12.3. The number of anilines is 1. The highest BCUT2D eigenvalue weighted by Crippen LogP contribution is 2.46. The first-order valence-electron chi connectivity index (χ1n) is 13.0. The quantitative estimate of drug-likeness (QED) is 0.0921. The Morgan fingerprint density at radius 3 is 2.64 bits per heavy atom. The number of ketones is 1. The molecular weight excluding hydrogens is 637 g/mol. The lowest BCUT2D eigenvalue weighted by atomic mass is 9.95. The number of thiophene rings is 1. The van der Waals surface area contributed by atoms with Gasteiger partial charge in [0.2, 0.25) is 10.9 Å². The van der Waals surface area contributed by atoms with Crippen LogP contribution in [0.2, 0.25) is 10.0 Å². The highest BCUT2D eigenvalue weighted by Gasteiger charge is 2.46. The highest BCUT2D eigenvalue weighted by atomic mass is 35.5. The summed E-state index contributed by atoms with van der Waals surface area (Å²) in [6, 6.07) is 13.0. The highest BCUT2D eigenvalue weighted by molar-refractivity contribution is 8.00. The summed E-state index contributed by atoms with van der Waals surface area (Å²) >= 11 is 16.1. The Balaban J connectivity index is 1.52. The molecule has 2 aromatic heterocycles. The molecule has 13 heteroatoms. The monoisotopic (exact) mass is 661 g/mol. The van der Waals surface area contributed by atoms with Gasteiger partial charge < -0.3 is 14.6 Å². The van der Waals surface area contributed by atoms with E-state index < -0.39 is 23.5 Å². The number of halogens is 2. The van der Waals surface area contributed by atoms with Crippen LogP contribution in [0.1, 0.15) is 47.1 Å². The summed E-state index contributed by atoms with van der Waals surface area (Å²) in [5.41, 5.74) is 1.39. The average Bonchev–Trinajstić information content (AvgIpc) is 3.73. The molecule has 1 aliphatic rings. The number of aliphatic hydroxyl groups excluding tert-OH is 1. The smallest absolute Gasteiger partial charge is 0.296 e. The van der Waals surface area contributed by atoms with Crippen molar-refractivity contribution in [2.75, 3.05) is 18.1 Å². The molecule has 1 atom stereocenters. The van der Waals surface area contributed by atoms with E-state index in [0.717, 1.165) is 12.0 Å². The predicted octanol–water partition coefficient (Wildman–Crippen LogP) is 8.17. The fraction of sp³-hybridized carbons (Fsp3) is 0.241. The molecule has 0 spiro atoms. The number of Topliss-reactive ketones (excluding diaryl/α,β-unsaturated/α-hetero) is 1. The minimum Gasteiger partial charge on any atom is -0.503 e. The second kappa shape index (κ2) is 13.5. The molecule has 0 radical (unpaired) electrons. The Morgan fingerprint density at radius 1 is 1.10 bits per heavy atom. The maximum atomic E-state index is 13.7. The van der Waals surface area contributed by atoms with Gasteiger partial charge >= 0.3 is 0 Å². The van der Waals surface area contributed by atoms with Gasteiger partial charge in [0.05, 0.1) is 29.7 Å². The number of thioether (sulfide) groups is 1. The zero-order valence-electron chi connectivity index (χ0n) is 22.5. The van der Waals surface area contributed by atoms with Gasteiger partial charge in [-0.05, 0) is 60.2 Å². The van der Waals surface area contributed by atoms with Crippen molar-refractivity contribution >= 4 is 74.5 Å². The van der Waals surface area contributed by atoms with Crippen molar-refractivity contribution in [1.82, 2.24) is 10.2 Å². The fourth-order valence-electron chi connectivity index (χ4n) is 4.32. The Hall–Kier alpha value is -3.09. The van der Waals surface area contributed by atoms with Gasteiger partial charge in [-0.1, -0.05) is 71.4 Å². The van der Waals surface area contributed by atoms with Crippen LogP contribution in [0, 0.1) is 0 Å². The van der Waals surface area contributed by atoms with Crippen LogP contribution in [0.5, 0.6) is 11.5 Å². The van der Waals surface area contributed by atoms with Crippen molar-refractivity contribution in [3.63, 3.8) is 0 Å². The number of hydrogen-bond acceptors (Lipinski definition) is 10. The zero-order chi connectivity index (χ0) is 29.8. The number of carbonyl (C=O) groups excluding carboxylic acids is 2. The third kappa shape index (κ3) is 6.30. The Kier molecular flexibility index (Phi) is 9.74. The van der Waals surface area contributed by atoms with Gasteiger partial charge in [0.15, 0.2) is 21.6 Å². The first-order valence-corrected chi connectivity index (χ1v) is 16.4. The van der Waals surface area contributed by atoms with Gasteiger partial charge in [0.1, 0.15) is 0 Å². The normalized spacial score (nSPS) is 15.0. The van der Waals surface area contributed by atoms with E-state index in [1.54, 1.807) is 47.8 Å². The molecule has 8 nitrogen and oxygen atoms in total. The SMILES string of the molecule is CCCOc1ccc(C2C(C(=O)c3cccs3)=C(O)C(=O)N2c2nnc(SCc3ccc(Cl)cc3Cl)s2)cc1OCC. The Morgan fingerprint density at radius 2 is 1.93 bits per heavy atom. The molecule has 1 unspecified atom stereocenters. The lowest BCUT2D eigenvalue weighted by Crippen LogP contribution is -2.31. The van der Waals surface area contributed by atoms with Gasteiger partial charge in [0, 0.05) is 15.8 Å². The molecule has 1 N–H and O–H groups in total. The molecule has 0 bridgehead atoms. The number of ether oxygens (including phenoxy) is 2. The number of amides is 1. The summed E-state index contributed by atoms with van der Waals surface area (Å²) in [5.74, 6) is -0.279. The van der Waals surface area contributed by atoms with Crippen molar-refractivity contribution in [1.29, 1.82) is 0 Å². The summed E-state index contributed by atoms with van der Waals surface area (Å²) in [5, 5.41) is 22.7. The first kappa shape index (κ1) is 30.4. The molecule has 1 amide bonds. The second-order valence-electron chi connectivity index (χ2n) is 9.01. The maximum Gasteiger partial charge on any atom is 0.296 e. The molecule has 5 rings (SSSR count). The number of benzene rings is 2. The van der Waals surface area contributed by atoms with E-state index in [1.807, 2.05) is 19.9 Å². The number of aromatic nitrogens is 2. The summed E-state index contributed by atoms with van der Waals surface area (Å²) in [4.78, 5) is 28.9. The van der Waals surface area contributed by atoms with Crippen LogP contribution < -0.4 is 14.4 Å². The topological polar surface area (TPSA) is 102 Å². The minimum absolute atomic E-state index is 0.0375. The zero-order valence-corrected chi connectivity index (χ0v) is 26.5. The lowest BCUT2D eigenvalue weighted by molar-refractivity contribution is -0.117. The number of nitrogens with zero attached hydrogens (tertiary/aromatic N) is 3. The van der Waals surface area contributed by atoms with Crippen molar-refractivity contribution in [3.8, 4) is 11.5 Å². The minimum atomic E-state index is -0.969. The van der Waals surface area contributed by atoms with Gasteiger partial charge in [-0.3, -0.25) is 14.5 Å². The maximum absolute atomic E-state index is 13.7. The average molecular weight is 663 g/mol. The van der Waals surface area contributed by atoms with Crippen LogP contribution in [-0.4, -0.2) is 40.2 Å². The molecule has 218 valence electrons. The van der Waals surface area contributed by atoms with E-state index in [0.29, 0.717) is 55.3 Å². The lowest BCUT2D eigenvalue weighted by Gasteiger charge is -2.25. The second-order valence-corrected chi connectivity index (χ2v) is 13.0. The summed E-state index contributed by atoms with van der Waals surface area (Å²) in [6.07, 6.45) is 0.815. The van der Waals surface area contributed by atoms with Crippen LogP contribution in [0.25, 0.3) is 0 Å². The Labute approximate surface area is 264 Å². The molecule has 0 saturated carbocycles. The Bertz CT molecular complexity index is 1640. The van der Waals surface area contributed by atoms with Crippen molar-refractivity contribution in [3.05, 3.63) is 91.3 Å². The third-order valence-corrected chi connectivity index (χ3v) is 9.77. The largest absolute Gasteiger partial charge is 0.503 e. The van der Waals surface area contributed by atoms with E-state index >= 15 is 0 Å². The molecule has 3 heterocycles. The number of aliphatic hydroxyl groups is 1. The number of carbonyl (C=O) groups is 2. The van der Waals surface area contributed by atoms with E-state index in [4.69, 9.17) is 32.7 Å².